The molecule has 0 amide bonds. The van der Waals surface area contributed by atoms with Crippen molar-refractivity contribution in [3.05, 3.63) is 38.6 Å². The van der Waals surface area contributed by atoms with Crippen LogP contribution in [0.5, 0.6) is 0 Å². The second kappa shape index (κ2) is 4.27. The predicted molar refractivity (Wildman–Crippen MR) is 72.5 cm³/mol. The summed E-state index contributed by atoms with van der Waals surface area (Å²) in [6.45, 7) is 1.84. The third-order valence-corrected chi connectivity index (χ3v) is 3.58. The van der Waals surface area contributed by atoms with Gasteiger partial charge in [0.1, 0.15) is 0 Å². The van der Waals surface area contributed by atoms with Crippen molar-refractivity contribution in [2.75, 3.05) is 0 Å². The molecule has 1 saturated carbocycles. The first-order valence-electron chi connectivity index (χ1n) is 6.01. The highest BCUT2D eigenvalue weighted by molar-refractivity contribution is 7.71. The van der Waals surface area contributed by atoms with Gasteiger partial charge < -0.3 is 0 Å². The number of aromatic amines is 1. The summed E-state index contributed by atoms with van der Waals surface area (Å²) in [5.41, 5.74) is 1.44. The summed E-state index contributed by atoms with van der Waals surface area (Å²) in [7, 11) is 0. The maximum absolute atomic E-state index is 11.2. The van der Waals surface area contributed by atoms with Gasteiger partial charge in [-0.05, 0) is 37.5 Å². The third kappa shape index (κ3) is 1.95. The van der Waals surface area contributed by atoms with Crippen LogP contribution in [0, 0.1) is 21.8 Å². The molecule has 1 aliphatic rings. The van der Waals surface area contributed by atoms with Gasteiger partial charge in [-0.2, -0.15) is 5.10 Å². The second-order valence-electron chi connectivity index (χ2n) is 4.68. The maximum Gasteiger partial charge on any atom is 0.280 e. The Morgan fingerprint density at radius 1 is 1.53 bits per heavy atom. The van der Waals surface area contributed by atoms with Gasteiger partial charge in [0.25, 0.3) is 5.69 Å². The molecule has 1 aromatic carbocycles. The van der Waals surface area contributed by atoms with Crippen LogP contribution in [0.4, 0.5) is 5.69 Å². The number of aryl methyl sites for hydroxylation is 1. The van der Waals surface area contributed by atoms with Gasteiger partial charge in [0.05, 0.1) is 10.5 Å². The first kappa shape index (κ1) is 12.0. The molecule has 2 aromatic rings. The largest absolute Gasteiger partial charge is 0.297 e. The zero-order chi connectivity index (χ0) is 13.6. The van der Waals surface area contributed by atoms with Gasteiger partial charge in [-0.3, -0.25) is 19.8 Å². The second-order valence-corrected chi connectivity index (χ2v) is 5.07. The van der Waals surface area contributed by atoms with E-state index in [9.17, 15) is 10.1 Å². The molecule has 0 saturated heterocycles. The summed E-state index contributed by atoms with van der Waals surface area (Å²) in [6, 6.07) is 5.34. The SMILES string of the molecule is Cc1cccc([N+](=O)[O-])c1-c1n[nH]c(=S)n1C1CC1. The number of nitro groups is 1. The molecule has 1 aromatic heterocycles. The van der Waals surface area contributed by atoms with E-state index in [4.69, 9.17) is 12.2 Å². The van der Waals surface area contributed by atoms with Crippen LogP contribution in [0.25, 0.3) is 11.4 Å². The number of aromatic nitrogens is 3. The van der Waals surface area contributed by atoms with Crippen molar-refractivity contribution in [1.82, 2.24) is 14.8 Å². The Labute approximate surface area is 114 Å². The molecule has 1 heterocycles. The van der Waals surface area contributed by atoms with Gasteiger partial charge in [-0.1, -0.05) is 12.1 Å². The summed E-state index contributed by atoms with van der Waals surface area (Å²) in [4.78, 5) is 10.8. The Kier molecular flexibility index (Phi) is 2.70. The zero-order valence-electron chi connectivity index (χ0n) is 10.3. The molecule has 7 heteroatoms. The molecule has 3 rings (SSSR count). The fourth-order valence-electron chi connectivity index (χ4n) is 2.25. The maximum atomic E-state index is 11.2. The average molecular weight is 276 g/mol. The first-order chi connectivity index (χ1) is 9.09. The van der Waals surface area contributed by atoms with Crippen LogP contribution in [-0.4, -0.2) is 19.7 Å². The van der Waals surface area contributed by atoms with Gasteiger partial charge in [0.15, 0.2) is 10.6 Å². The van der Waals surface area contributed by atoms with E-state index in [2.05, 4.69) is 10.2 Å². The van der Waals surface area contributed by atoms with Crippen LogP contribution < -0.4 is 0 Å². The van der Waals surface area contributed by atoms with E-state index in [-0.39, 0.29) is 10.6 Å². The highest BCUT2D eigenvalue weighted by Crippen LogP contribution is 2.40. The molecule has 1 N–H and O–H groups in total. The molecule has 0 atom stereocenters. The Morgan fingerprint density at radius 2 is 2.26 bits per heavy atom. The van der Waals surface area contributed by atoms with E-state index >= 15 is 0 Å². The lowest BCUT2D eigenvalue weighted by molar-refractivity contribution is -0.384. The Hall–Kier alpha value is -2.02. The molecule has 0 radical (unpaired) electrons. The molecule has 1 fully saturated rings. The normalized spacial score (nSPS) is 14.6. The van der Waals surface area contributed by atoms with Gasteiger partial charge in [-0.15, -0.1) is 0 Å². The molecule has 1 aliphatic carbocycles. The number of nitrogens with one attached hydrogen (secondary N) is 1. The van der Waals surface area contributed by atoms with Gasteiger partial charge in [0.2, 0.25) is 0 Å². The zero-order valence-corrected chi connectivity index (χ0v) is 11.1. The number of nitrogens with zero attached hydrogens (tertiary/aromatic N) is 3. The van der Waals surface area contributed by atoms with Gasteiger partial charge >= 0.3 is 0 Å². The Morgan fingerprint density at radius 3 is 2.89 bits per heavy atom. The standard InChI is InChI=1S/C12H12N4O2S/c1-7-3-2-4-9(16(17)18)10(7)11-13-14-12(19)15(11)8-5-6-8/h2-4,8H,5-6H2,1H3,(H,14,19). The Bertz CT molecular complexity index is 715. The number of benzene rings is 1. The molecule has 0 unspecified atom stereocenters. The lowest BCUT2D eigenvalue weighted by Crippen LogP contribution is -2.02. The van der Waals surface area contributed by atoms with Crippen LogP contribution in [0.3, 0.4) is 0 Å². The molecule has 0 aliphatic heterocycles. The highest BCUT2D eigenvalue weighted by atomic mass is 32.1. The molecule has 19 heavy (non-hydrogen) atoms. The van der Waals surface area contributed by atoms with Gasteiger partial charge in [-0.25, -0.2) is 0 Å². The summed E-state index contributed by atoms with van der Waals surface area (Å²) < 4.78 is 2.42. The number of hydrogen-bond acceptors (Lipinski definition) is 4. The van der Waals surface area contributed by atoms with E-state index in [0.29, 0.717) is 22.2 Å². The molecule has 98 valence electrons. The quantitative estimate of drug-likeness (QED) is 0.530. The van der Waals surface area contributed by atoms with E-state index in [1.807, 2.05) is 17.6 Å². The van der Waals surface area contributed by atoms with Crippen LogP contribution in [0.2, 0.25) is 0 Å². The van der Waals surface area contributed by atoms with Crippen molar-refractivity contribution in [1.29, 1.82) is 0 Å². The van der Waals surface area contributed by atoms with Crippen LogP contribution >= 0.6 is 12.2 Å². The lowest BCUT2D eigenvalue weighted by atomic mass is 10.1. The molecular formula is C12H12N4O2S. The van der Waals surface area contributed by atoms with Crippen molar-refractivity contribution >= 4 is 17.9 Å². The fourth-order valence-corrected chi connectivity index (χ4v) is 2.53. The van der Waals surface area contributed by atoms with Crippen LogP contribution in [-0.2, 0) is 0 Å². The monoisotopic (exact) mass is 276 g/mol. The number of H-pyrrole nitrogens is 1. The number of nitro benzene ring substituents is 1. The molecule has 0 spiro atoms. The van der Waals surface area contributed by atoms with Crippen molar-refractivity contribution < 1.29 is 4.92 Å². The fraction of sp³-hybridized carbons (Fsp3) is 0.333. The van der Waals surface area contributed by atoms with Crippen LogP contribution in [0.1, 0.15) is 24.4 Å². The smallest absolute Gasteiger partial charge is 0.280 e. The van der Waals surface area contributed by atoms with Gasteiger partial charge in [0, 0.05) is 12.1 Å². The summed E-state index contributed by atoms with van der Waals surface area (Å²) in [5.74, 6) is 0.567. The number of hydrogen-bond donors (Lipinski definition) is 1. The van der Waals surface area contributed by atoms with Crippen molar-refractivity contribution in [3.63, 3.8) is 0 Å². The molecule has 6 nitrogen and oxygen atoms in total. The molecule has 0 bridgehead atoms. The summed E-state index contributed by atoms with van der Waals surface area (Å²) >= 11 is 5.22. The van der Waals surface area contributed by atoms with Crippen molar-refractivity contribution in [3.8, 4) is 11.4 Å². The number of rotatable bonds is 3. The average Bonchev–Trinajstić information content (AvgIpc) is 3.13. The minimum absolute atomic E-state index is 0.0656. The van der Waals surface area contributed by atoms with Crippen LogP contribution in [0.15, 0.2) is 18.2 Å². The minimum atomic E-state index is -0.378. The van der Waals surface area contributed by atoms with Crippen molar-refractivity contribution in [2.45, 2.75) is 25.8 Å². The highest BCUT2D eigenvalue weighted by Gasteiger charge is 2.30. The van der Waals surface area contributed by atoms with E-state index in [0.717, 1.165) is 18.4 Å². The van der Waals surface area contributed by atoms with E-state index in [1.54, 1.807) is 6.07 Å². The van der Waals surface area contributed by atoms with E-state index < -0.39 is 0 Å². The first-order valence-corrected chi connectivity index (χ1v) is 6.41. The van der Waals surface area contributed by atoms with Crippen molar-refractivity contribution in [2.24, 2.45) is 0 Å². The Balaban J connectivity index is 2.28. The van der Waals surface area contributed by atoms with E-state index in [1.165, 1.54) is 6.07 Å². The molecular weight excluding hydrogens is 264 g/mol. The summed E-state index contributed by atoms with van der Waals surface area (Å²) in [6.07, 6.45) is 2.08. The third-order valence-electron chi connectivity index (χ3n) is 3.29. The topological polar surface area (TPSA) is 76.8 Å². The minimum Gasteiger partial charge on any atom is -0.297 e. The summed E-state index contributed by atoms with van der Waals surface area (Å²) in [5, 5.41) is 18.1. The lowest BCUT2D eigenvalue weighted by Gasteiger charge is -2.08. The predicted octanol–water partition coefficient (Wildman–Crippen LogP) is 3.16.